The van der Waals surface area contributed by atoms with E-state index in [0.717, 1.165) is 11.1 Å². The van der Waals surface area contributed by atoms with E-state index in [1.54, 1.807) is 12.1 Å². The summed E-state index contributed by atoms with van der Waals surface area (Å²) < 4.78 is 25.1. The lowest BCUT2D eigenvalue weighted by Crippen LogP contribution is -2.33. The molecule has 0 aliphatic rings. The molecule has 1 aromatic heterocycles. The summed E-state index contributed by atoms with van der Waals surface area (Å²) in [7, 11) is 0. The van der Waals surface area contributed by atoms with Crippen LogP contribution in [0.15, 0.2) is 83.3 Å². The summed E-state index contributed by atoms with van der Waals surface area (Å²) in [5.41, 5.74) is 2.38. The molecule has 1 heterocycles. The summed E-state index contributed by atoms with van der Waals surface area (Å²) in [6.45, 7) is 3.93. The molecule has 0 unspecified atom stereocenters. The molecule has 0 spiro atoms. The van der Waals surface area contributed by atoms with Crippen molar-refractivity contribution in [2.45, 2.75) is 25.8 Å². The van der Waals surface area contributed by atoms with Crippen LogP contribution in [0.25, 0.3) is 11.5 Å². The van der Waals surface area contributed by atoms with Gasteiger partial charge in [-0.2, -0.15) is 0 Å². The lowest BCUT2D eigenvalue weighted by atomic mass is 10.0. The van der Waals surface area contributed by atoms with Crippen molar-refractivity contribution in [1.82, 2.24) is 15.5 Å². The minimum absolute atomic E-state index is 0.191. The van der Waals surface area contributed by atoms with E-state index in [-0.39, 0.29) is 30.1 Å². The molecule has 1 amide bonds. The number of carbonyl (C=O) groups is 1. The molecule has 0 aliphatic heterocycles. The van der Waals surface area contributed by atoms with Gasteiger partial charge in [0.05, 0.1) is 0 Å². The number of amides is 1. The molecule has 0 radical (unpaired) electrons. The van der Waals surface area contributed by atoms with Crippen LogP contribution < -0.4 is 10.1 Å². The molecule has 168 valence electrons. The smallest absolute Gasteiger partial charge is 0.258 e. The Morgan fingerprint density at radius 1 is 0.970 bits per heavy atom. The molecule has 0 aliphatic carbocycles. The van der Waals surface area contributed by atoms with Gasteiger partial charge in [-0.05, 0) is 47.4 Å². The third kappa shape index (κ3) is 5.44. The zero-order valence-electron chi connectivity index (χ0n) is 18.4. The number of aromatic nitrogens is 2. The first kappa shape index (κ1) is 22.2. The molecule has 0 fully saturated rings. The van der Waals surface area contributed by atoms with Gasteiger partial charge in [0.25, 0.3) is 5.91 Å². The van der Waals surface area contributed by atoms with Crippen LogP contribution in [0.5, 0.6) is 5.75 Å². The highest BCUT2D eigenvalue weighted by Crippen LogP contribution is 2.27. The molecule has 1 N–H and O–H groups in total. The summed E-state index contributed by atoms with van der Waals surface area (Å²) in [5, 5.41) is 11.1. The van der Waals surface area contributed by atoms with Crippen molar-refractivity contribution in [3.63, 3.8) is 0 Å². The van der Waals surface area contributed by atoms with Gasteiger partial charge in [-0.1, -0.05) is 62.4 Å². The maximum Gasteiger partial charge on any atom is 0.258 e. The second kappa shape index (κ2) is 10.1. The summed E-state index contributed by atoms with van der Waals surface area (Å²) in [6, 6.07) is 22.0. The fourth-order valence-electron chi connectivity index (χ4n) is 3.43. The van der Waals surface area contributed by atoms with Crippen molar-refractivity contribution in [2.24, 2.45) is 0 Å². The molecule has 7 heteroatoms. The van der Waals surface area contributed by atoms with Crippen LogP contribution in [0, 0.1) is 5.82 Å². The molecule has 1 atom stereocenters. The first-order valence-corrected chi connectivity index (χ1v) is 10.7. The topological polar surface area (TPSA) is 77.2 Å². The monoisotopic (exact) mass is 445 g/mol. The standard InChI is InChI=1S/C26H24FN3O3/c1-17(2)21-10-6-7-11-22(21)32-16-23(31)28-24(18-12-14-20(27)15-13-18)26-30-29-25(33-26)19-8-4-3-5-9-19/h3-15,17,24H,16H2,1-2H3,(H,28,31)/t24-/m0/s1. The van der Waals surface area contributed by atoms with Crippen molar-refractivity contribution < 1.29 is 18.3 Å². The second-order valence-corrected chi connectivity index (χ2v) is 7.84. The number of benzene rings is 3. The van der Waals surface area contributed by atoms with E-state index in [4.69, 9.17) is 9.15 Å². The molecule has 6 nitrogen and oxygen atoms in total. The number of para-hydroxylation sites is 1. The Balaban J connectivity index is 1.54. The minimum Gasteiger partial charge on any atom is -0.483 e. The third-order valence-electron chi connectivity index (χ3n) is 5.12. The lowest BCUT2D eigenvalue weighted by molar-refractivity contribution is -0.123. The van der Waals surface area contributed by atoms with Crippen LogP contribution in [0.3, 0.4) is 0 Å². The number of ether oxygens (including phenoxy) is 1. The van der Waals surface area contributed by atoms with Crippen molar-refractivity contribution in [3.8, 4) is 17.2 Å². The largest absolute Gasteiger partial charge is 0.483 e. The highest BCUT2D eigenvalue weighted by molar-refractivity contribution is 5.78. The predicted molar refractivity (Wildman–Crippen MR) is 122 cm³/mol. The Bertz CT molecular complexity index is 1210. The van der Waals surface area contributed by atoms with Crippen LogP contribution in [0.2, 0.25) is 0 Å². The van der Waals surface area contributed by atoms with Gasteiger partial charge in [0, 0.05) is 5.56 Å². The summed E-state index contributed by atoms with van der Waals surface area (Å²) in [5.74, 6) is 0.678. The molecule has 0 saturated heterocycles. The minimum atomic E-state index is -0.757. The number of hydrogen-bond acceptors (Lipinski definition) is 5. The highest BCUT2D eigenvalue weighted by Gasteiger charge is 2.24. The van der Waals surface area contributed by atoms with Crippen LogP contribution in [-0.2, 0) is 4.79 Å². The SMILES string of the molecule is CC(C)c1ccccc1OCC(=O)N[C@@H](c1ccc(F)cc1)c1nnc(-c2ccccc2)o1. The Morgan fingerprint density at radius 3 is 2.39 bits per heavy atom. The van der Waals surface area contributed by atoms with Gasteiger partial charge in [0.15, 0.2) is 6.61 Å². The second-order valence-electron chi connectivity index (χ2n) is 7.84. The maximum absolute atomic E-state index is 13.5. The Hall–Kier alpha value is -4.00. The highest BCUT2D eigenvalue weighted by atomic mass is 19.1. The molecular weight excluding hydrogens is 421 g/mol. The van der Waals surface area contributed by atoms with E-state index in [1.807, 2.05) is 54.6 Å². The number of rotatable bonds is 8. The van der Waals surface area contributed by atoms with Crippen molar-refractivity contribution in [1.29, 1.82) is 0 Å². The molecule has 3 aromatic carbocycles. The van der Waals surface area contributed by atoms with Crippen LogP contribution >= 0.6 is 0 Å². The van der Waals surface area contributed by atoms with E-state index in [1.165, 1.54) is 12.1 Å². The summed E-state index contributed by atoms with van der Waals surface area (Å²) >= 11 is 0. The Labute approximate surface area is 191 Å². The van der Waals surface area contributed by atoms with E-state index < -0.39 is 6.04 Å². The normalized spacial score (nSPS) is 11.9. The van der Waals surface area contributed by atoms with Gasteiger partial charge in [0.2, 0.25) is 11.8 Å². The molecule has 4 aromatic rings. The van der Waals surface area contributed by atoms with Crippen molar-refractivity contribution >= 4 is 5.91 Å². The van der Waals surface area contributed by atoms with Crippen LogP contribution in [-0.4, -0.2) is 22.7 Å². The average Bonchev–Trinajstić information content (AvgIpc) is 3.33. The molecule has 33 heavy (non-hydrogen) atoms. The van der Waals surface area contributed by atoms with E-state index >= 15 is 0 Å². The first-order chi connectivity index (χ1) is 16.0. The number of nitrogens with one attached hydrogen (secondary N) is 1. The quantitative estimate of drug-likeness (QED) is 0.399. The van der Waals surface area contributed by atoms with Gasteiger partial charge >= 0.3 is 0 Å². The predicted octanol–water partition coefficient (Wildman–Crippen LogP) is 5.28. The van der Waals surface area contributed by atoms with Gasteiger partial charge in [-0.3, -0.25) is 4.79 Å². The number of halogens is 1. The number of nitrogens with zero attached hydrogens (tertiary/aromatic N) is 2. The number of carbonyl (C=O) groups excluding carboxylic acids is 1. The zero-order chi connectivity index (χ0) is 23.2. The van der Waals surface area contributed by atoms with Gasteiger partial charge < -0.3 is 14.5 Å². The van der Waals surface area contributed by atoms with E-state index in [2.05, 4.69) is 29.4 Å². The number of hydrogen-bond donors (Lipinski definition) is 1. The van der Waals surface area contributed by atoms with Crippen LogP contribution in [0.1, 0.15) is 42.8 Å². The van der Waals surface area contributed by atoms with Crippen molar-refractivity contribution in [2.75, 3.05) is 6.61 Å². The van der Waals surface area contributed by atoms with E-state index in [0.29, 0.717) is 17.2 Å². The summed E-state index contributed by atoms with van der Waals surface area (Å²) in [6.07, 6.45) is 0. The van der Waals surface area contributed by atoms with Crippen LogP contribution in [0.4, 0.5) is 4.39 Å². The van der Waals surface area contributed by atoms with Gasteiger partial charge in [0.1, 0.15) is 17.6 Å². The Kier molecular flexibility index (Phi) is 6.78. The van der Waals surface area contributed by atoms with Crippen molar-refractivity contribution in [3.05, 3.63) is 102 Å². The van der Waals surface area contributed by atoms with Gasteiger partial charge in [-0.25, -0.2) is 4.39 Å². The molecule has 4 rings (SSSR count). The summed E-state index contributed by atoms with van der Waals surface area (Å²) in [4.78, 5) is 12.8. The Morgan fingerprint density at radius 2 is 1.67 bits per heavy atom. The lowest BCUT2D eigenvalue weighted by Gasteiger charge is -2.17. The maximum atomic E-state index is 13.5. The first-order valence-electron chi connectivity index (χ1n) is 10.7. The fraction of sp³-hybridized carbons (Fsp3) is 0.192. The third-order valence-corrected chi connectivity index (χ3v) is 5.12. The van der Waals surface area contributed by atoms with Gasteiger partial charge in [-0.15, -0.1) is 10.2 Å². The van der Waals surface area contributed by atoms with E-state index in [9.17, 15) is 9.18 Å². The fourth-order valence-corrected chi connectivity index (χ4v) is 3.43. The average molecular weight is 445 g/mol. The molecular formula is C26H24FN3O3. The molecule has 0 saturated carbocycles. The molecule has 0 bridgehead atoms. The zero-order valence-corrected chi connectivity index (χ0v) is 18.4.